The fourth-order valence-corrected chi connectivity index (χ4v) is 4.73. The molecule has 1 unspecified atom stereocenters. The number of anilines is 1. The van der Waals surface area contributed by atoms with Crippen LogP contribution in [0.5, 0.6) is 0 Å². The summed E-state index contributed by atoms with van der Waals surface area (Å²) in [7, 11) is 0. The molecule has 0 spiro atoms. The topological polar surface area (TPSA) is 80.5 Å². The first-order valence-corrected chi connectivity index (χ1v) is 11.7. The average Bonchev–Trinajstić information content (AvgIpc) is 3.27. The number of fused-ring (bicyclic) bond motifs is 1. The fraction of sp³-hybridized carbons (Fsp3) is 0.423. The Morgan fingerprint density at radius 2 is 1.79 bits per heavy atom. The first-order chi connectivity index (χ1) is 16.2. The Morgan fingerprint density at radius 3 is 2.48 bits per heavy atom. The molecule has 7 heteroatoms. The molecule has 0 fully saturated rings. The highest BCUT2D eigenvalue weighted by Gasteiger charge is 2.51. The lowest BCUT2D eigenvalue weighted by Crippen LogP contribution is -2.54. The van der Waals surface area contributed by atoms with Crippen molar-refractivity contribution in [2.24, 2.45) is 0 Å². The minimum Gasteiger partial charge on any atom is -0.465 e. The van der Waals surface area contributed by atoms with E-state index in [1.165, 1.54) is 0 Å². The molecule has 0 bridgehead atoms. The molecule has 7 nitrogen and oxygen atoms in total. The second kappa shape index (κ2) is 10.6. The molecule has 0 radical (unpaired) electrons. The highest BCUT2D eigenvalue weighted by Crippen LogP contribution is 2.39. The van der Waals surface area contributed by atoms with Crippen molar-refractivity contribution in [3.63, 3.8) is 0 Å². The van der Waals surface area contributed by atoms with Crippen molar-refractivity contribution < 1.29 is 14.6 Å². The summed E-state index contributed by atoms with van der Waals surface area (Å²) < 4.78 is 7.60. The third kappa shape index (κ3) is 4.93. The maximum Gasteiger partial charge on any atom is 0.320 e. The molecular weight excluding hydrogens is 416 g/mol. The van der Waals surface area contributed by atoms with Gasteiger partial charge in [-0.15, -0.1) is 5.10 Å². The predicted octanol–water partition coefficient (Wildman–Crippen LogP) is 3.50. The van der Waals surface area contributed by atoms with Crippen LogP contribution in [0.4, 0.5) is 5.69 Å². The molecule has 0 aliphatic carbocycles. The van der Waals surface area contributed by atoms with E-state index in [0.29, 0.717) is 32.7 Å². The number of aliphatic hydroxyl groups excluding tert-OH is 1. The Kier molecular flexibility index (Phi) is 7.40. The maximum absolute atomic E-state index is 13.7. The van der Waals surface area contributed by atoms with Crippen LogP contribution < -0.4 is 4.90 Å². The Bertz CT molecular complexity index is 1040. The summed E-state index contributed by atoms with van der Waals surface area (Å²) in [6, 6.07) is 20.2. The first-order valence-electron chi connectivity index (χ1n) is 11.7. The number of hydrogen-bond acceptors (Lipinski definition) is 6. The van der Waals surface area contributed by atoms with Crippen LogP contribution in [0.3, 0.4) is 0 Å². The molecule has 2 aromatic carbocycles. The quantitative estimate of drug-likeness (QED) is 0.378. The second-order valence-electron chi connectivity index (χ2n) is 8.55. The molecule has 1 aromatic heterocycles. The van der Waals surface area contributed by atoms with Gasteiger partial charge >= 0.3 is 5.97 Å². The average molecular weight is 449 g/mol. The summed E-state index contributed by atoms with van der Waals surface area (Å²) in [5.41, 5.74) is 2.86. The minimum atomic E-state index is -0.929. The van der Waals surface area contributed by atoms with E-state index < -0.39 is 5.41 Å². The smallest absolute Gasteiger partial charge is 0.320 e. The number of ether oxygens (including phenoxy) is 1. The van der Waals surface area contributed by atoms with Crippen molar-refractivity contribution in [3.8, 4) is 0 Å². The largest absolute Gasteiger partial charge is 0.465 e. The number of unbranched alkanes of at least 4 members (excludes halogenated alkanes) is 2. The highest BCUT2D eigenvalue weighted by atomic mass is 16.5. The molecule has 174 valence electrons. The standard InChI is InChI=1S/C26H32N4O3/c1-2-33-25(32)26(18-21-12-6-3-7-13-21)20-29(22-14-8-4-9-15-22)19-23-24(26)30(28-27-23)16-10-5-11-17-31/h3-4,6-9,12-15,31H,2,5,10-11,16-20H2,1H3. The first kappa shape index (κ1) is 23.0. The van der Waals surface area contributed by atoms with Gasteiger partial charge in [0.2, 0.25) is 0 Å². The fourth-order valence-electron chi connectivity index (χ4n) is 4.73. The number of nitrogens with zero attached hydrogens (tertiary/aromatic N) is 4. The molecule has 0 amide bonds. The summed E-state index contributed by atoms with van der Waals surface area (Å²) in [5.74, 6) is -0.241. The number of esters is 1. The van der Waals surface area contributed by atoms with E-state index in [1.54, 1.807) is 0 Å². The van der Waals surface area contributed by atoms with Gasteiger partial charge < -0.3 is 14.7 Å². The van der Waals surface area contributed by atoms with Gasteiger partial charge in [-0.3, -0.25) is 4.79 Å². The Morgan fingerprint density at radius 1 is 1.06 bits per heavy atom. The lowest BCUT2D eigenvalue weighted by Gasteiger charge is -2.41. The molecule has 0 saturated carbocycles. The van der Waals surface area contributed by atoms with Gasteiger partial charge in [0.25, 0.3) is 0 Å². The highest BCUT2D eigenvalue weighted by molar-refractivity contribution is 5.85. The van der Waals surface area contributed by atoms with E-state index >= 15 is 0 Å². The molecular formula is C26H32N4O3. The molecule has 4 rings (SSSR count). The maximum atomic E-state index is 13.7. The van der Waals surface area contributed by atoms with Gasteiger partial charge in [0.05, 0.1) is 18.8 Å². The summed E-state index contributed by atoms with van der Waals surface area (Å²) in [5, 5.41) is 18.1. The van der Waals surface area contributed by atoms with Crippen molar-refractivity contribution in [2.75, 3.05) is 24.7 Å². The van der Waals surface area contributed by atoms with Crippen LogP contribution in [0.25, 0.3) is 0 Å². The van der Waals surface area contributed by atoms with Crippen LogP contribution in [-0.2, 0) is 34.5 Å². The summed E-state index contributed by atoms with van der Waals surface area (Å²) in [6.45, 7) is 4.07. The SMILES string of the molecule is CCOC(=O)C1(Cc2ccccc2)CN(c2ccccc2)Cc2nnn(CCCCCO)c21. The van der Waals surface area contributed by atoms with Crippen LogP contribution in [0.1, 0.15) is 43.1 Å². The van der Waals surface area contributed by atoms with Gasteiger partial charge in [0.1, 0.15) is 11.1 Å². The number of aryl methyl sites for hydroxylation is 1. The second-order valence-corrected chi connectivity index (χ2v) is 8.55. The van der Waals surface area contributed by atoms with E-state index in [1.807, 2.05) is 48.0 Å². The molecule has 0 saturated heterocycles. The van der Waals surface area contributed by atoms with Crippen molar-refractivity contribution >= 4 is 11.7 Å². The van der Waals surface area contributed by atoms with E-state index in [9.17, 15) is 4.79 Å². The number of aliphatic hydroxyl groups is 1. The van der Waals surface area contributed by atoms with Gasteiger partial charge in [0.15, 0.2) is 0 Å². The zero-order valence-electron chi connectivity index (χ0n) is 19.2. The number of hydrogen-bond donors (Lipinski definition) is 1. The Hall–Kier alpha value is -3.19. The normalized spacial score (nSPS) is 17.6. The molecule has 1 aliphatic rings. The summed E-state index contributed by atoms with van der Waals surface area (Å²) in [6.07, 6.45) is 3.02. The lowest BCUT2D eigenvalue weighted by atomic mass is 9.74. The molecule has 1 N–H and O–H groups in total. The monoisotopic (exact) mass is 448 g/mol. The summed E-state index contributed by atoms with van der Waals surface area (Å²) in [4.78, 5) is 15.9. The van der Waals surface area contributed by atoms with Crippen molar-refractivity contribution in [3.05, 3.63) is 77.6 Å². The number of para-hydroxylation sites is 1. The summed E-state index contributed by atoms with van der Waals surface area (Å²) >= 11 is 0. The van der Waals surface area contributed by atoms with Gasteiger partial charge in [-0.05, 0) is 50.3 Å². The molecule has 1 aliphatic heterocycles. The zero-order chi connectivity index (χ0) is 23.1. The number of benzene rings is 2. The number of carbonyl (C=O) groups excluding carboxylic acids is 1. The van der Waals surface area contributed by atoms with Crippen LogP contribution in [0.15, 0.2) is 60.7 Å². The molecule has 33 heavy (non-hydrogen) atoms. The van der Waals surface area contributed by atoms with Crippen molar-refractivity contribution in [2.45, 2.75) is 51.1 Å². The molecule has 1 atom stereocenters. The van der Waals surface area contributed by atoms with Gasteiger partial charge in [-0.1, -0.05) is 53.7 Å². The number of rotatable bonds is 10. The minimum absolute atomic E-state index is 0.183. The third-order valence-corrected chi connectivity index (χ3v) is 6.22. The van der Waals surface area contributed by atoms with Crippen molar-refractivity contribution in [1.29, 1.82) is 0 Å². The molecule has 3 aromatic rings. The third-order valence-electron chi connectivity index (χ3n) is 6.22. The van der Waals surface area contributed by atoms with Crippen LogP contribution in [-0.4, -0.2) is 45.8 Å². The number of aromatic nitrogens is 3. The predicted molar refractivity (Wildman–Crippen MR) is 127 cm³/mol. The van der Waals surface area contributed by atoms with E-state index in [2.05, 4.69) is 39.5 Å². The Balaban J connectivity index is 1.80. The van der Waals surface area contributed by atoms with Gasteiger partial charge in [0, 0.05) is 25.4 Å². The van der Waals surface area contributed by atoms with Gasteiger partial charge in [-0.2, -0.15) is 0 Å². The van der Waals surface area contributed by atoms with E-state index in [-0.39, 0.29) is 12.6 Å². The van der Waals surface area contributed by atoms with Crippen LogP contribution in [0.2, 0.25) is 0 Å². The van der Waals surface area contributed by atoms with Gasteiger partial charge in [-0.25, -0.2) is 4.68 Å². The zero-order valence-corrected chi connectivity index (χ0v) is 19.2. The molecule has 2 heterocycles. The Labute approximate surface area is 195 Å². The van der Waals surface area contributed by atoms with Crippen LogP contribution >= 0.6 is 0 Å². The van der Waals surface area contributed by atoms with E-state index in [0.717, 1.165) is 41.9 Å². The lowest BCUT2D eigenvalue weighted by molar-refractivity contribution is -0.150. The van der Waals surface area contributed by atoms with Crippen LogP contribution in [0, 0.1) is 0 Å². The number of carbonyl (C=O) groups is 1. The van der Waals surface area contributed by atoms with Crippen molar-refractivity contribution in [1.82, 2.24) is 15.0 Å². The van der Waals surface area contributed by atoms with E-state index in [4.69, 9.17) is 9.84 Å².